The average molecular weight is 237 g/mol. The molecule has 5 heteroatoms. The Morgan fingerprint density at radius 2 is 2.53 bits per heavy atom. The lowest BCUT2D eigenvalue weighted by molar-refractivity contribution is 0.0533. The Labute approximate surface area is 101 Å². The van der Waals surface area contributed by atoms with Gasteiger partial charge in [0.25, 0.3) is 5.91 Å². The van der Waals surface area contributed by atoms with E-state index in [-0.39, 0.29) is 12.0 Å². The first kappa shape index (κ1) is 12.1. The molecule has 0 aliphatic carbocycles. The summed E-state index contributed by atoms with van der Waals surface area (Å²) in [6, 6.07) is 1.67. The van der Waals surface area contributed by atoms with Crippen LogP contribution in [0.3, 0.4) is 0 Å². The molecule has 0 spiro atoms. The van der Waals surface area contributed by atoms with Crippen LogP contribution in [-0.4, -0.2) is 35.4 Å². The zero-order chi connectivity index (χ0) is 12.3. The quantitative estimate of drug-likeness (QED) is 0.827. The molecule has 1 aromatic rings. The monoisotopic (exact) mass is 237 g/mol. The summed E-state index contributed by atoms with van der Waals surface area (Å²) >= 11 is 0. The summed E-state index contributed by atoms with van der Waals surface area (Å²) in [7, 11) is 0. The van der Waals surface area contributed by atoms with Crippen LogP contribution < -0.4 is 5.32 Å². The maximum Gasteiger partial charge on any atom is 0.269 e. The summed E-state index contributed by atoms with van der Waals surface area (Å²) in [5.74, 6) is 0.810. The van der Waals surface area contributed by atoms with Gasteiger partial charge in [0.05, 0.1) is 6.10 Å². The average Bonchev–Trinajstić information content (AvgIpc) is 2.96. The van der Waals surface area contributed by atoms with Crippen LogP contribution in [0.4, 0.5) is 0 Å². The van der Waals surface area contributed by atoms with Gasteiger partial charge in [-0.15, -0.1) is 0 Å². The van der Waals surface area contributed by atoms with Gasteiger partial charge in [0.1, 0.15) is 5.69 Å². The van der Waals surface area contributed by atoms with Crippen molar-refractivity contribution in [1.82, 2.24) is 15.5 Å². The number of nitrogens with one attached hydrogen (secondary N) is 2. The van der Waals surface area contributed by atoms with Crippen LogP contribution in [0.2, 0.25) is 0 Å². The molecule has 2 rings (SSSR count). The van der Waals surface area contributed by atoms with Gasteiger partial charge in [-0.05, 0) is 18.4 Å². The lowest BCUT2D eigenvalue weighted by Crippen LogP contribution is -2.35. The molecular weight excluding hydrogens is 218 g/mol. The summed E-state index contributed by atoms with van der Waals surface area (Å²) < 4.78 is 5.68. The van der Waals surface area contributed by atoms with Crippen molar-refractivity contribution in [3.8, 4) is 0 Å². The third-order valence-electron chi connectivity index (χ3n) is 3.19. The molecule has 2 heterocycles. The molecule has 1 aliphatic rings. The highest BCUT2D eigenvalue weighted by Gasteiger charge is 2.30. The lowest BCUT2D eigenvalue weighted by Gasteiger charge is -2.22. The van der Waals surface area contributed by atoms with E-state index in [2.05, 4.69) is 29.4 Å². The van der Waals surface area contributed by atoms with Crippen LogP contribution in [-0.2, 0) is 4.74 Å². The Hall–Kier alpha value is -1.36. The largest absolute Gasteiger partial charge is 0.378 e. The standard InChI is InChI=1S/C12H19N3O2/c1-8(2)11-9(4-6-17-11)7-13-12(16)10-3-5-14-15-10/h3,5,8-9,11H,4,6-7H2,1-2H3,(H,13,16)(H,14,15)/t9-,11+/m0/s1. The first-order chi connectivity index (χ1) is 8.18. The molecule has 1 amide bonds. The molecule has 1 saturated heterocycles. The van der Waals surface area contributed by atoms with Gasteiger partial charge in [0.15, 0.2) is 0 Å². The number of nitrogens with zero attached hydrogens (tertiary/aromatic N) is 1. The number of H-pyrrole nitrogens is 1. The fourth-order valence-corrected chi connectivity index (χ4v) is 2.31. The van der Waals surface area contributed by atoms with E-state index in [0.29, 0.717) is 24.1 Å². The smallest absolute Gasteiger partial charge is 0.269 e. The van der Waals surface area contributed by atoms with Crippen LogP contribution in [0.5, 0.6) is 0 Å². The van der Waals surface area contributed by atoms with Crippen molar-refractivity contribution in [2.75, 3.05) is 13.2 Å². The molecule has 0 saturated carbocycles. The number of carbonyl (C=O) groups is 1. The summed E-state index contributed by atoms with van der Waals surface area (Å²) in [6.45, 7) is 5.77. The molecule has 1 aliphatic heterocycles. The summed E-state index contributed by atoms with van der Waals surface area (Å²) in [4.78, 5) is 11.7. The second-order valence-electron chi connectivity index (χ2n) is 4.81. The van der Waals surface area contributed by atoms with Crippen molar-refractivity contribution in [3.05, 3.63) is 18.0 Å². The van der Waals surface area contributed by atoms with E-state index in [1.54, 1.807) is 12.3 Å². The fourth-order valence-electron chi connectivity index (χ4n) is 2.31. The molecule has 0 radical (unpaired) electrons. The third kappa shape index (κ3) is 2.85. The normalized spacial score (nSPS) is 24.2. The molecule has 2 N–H and O–H groups in total. The first-order valence-corrected chi connectivity index (χ1v) is 6.07. The van der Waals surface area contributed by atoms with Crippen LogP contribution >= 0.6 is 0 Å². The molecule has 0 aromatic carbocycles. The van der Waals surface area contributed by atoms with Gasteiger partial charge in [-0.1, -0.05) is 13.8 Å². The Balaban J connectivity index is 1.84. The number of ether oxygens (including phenoxy) is 1. The molecule has 0 bridgehead atoms. The van der Waals surface area contributed by atoms with Crippen molar-refractivity contribution in [2.24, 2.45) is 11.8 Å². The number of aromatic amines is 1. The summed E-state index contributed by atoms with van der Waals surface area (Å²) in [6.07, 6.45) is 2.86. The summed E-state index contributed by atoms with van der Waals surface area (Å²) in [5, 5.41) is 9.33. The van der Waals surface area contributed by atoms with E-state index in [4.69, 9.17) is 4.74 Å². The van der Waals surface area contributed by atoms with E-state index in [1.807, 2.05) is 0 Å². The van der Waals surface area contributed by atoms with Gasteiger partial charge in [0, 0.05) is 25.3 Å². The van der Waals surface area contributed by atoms with Crippen LogP contribution in [0.25, 0.3) is 0 Å². The van der Waals surface area contributed by atoms with Crippen LogP contribution in [0, 0.1) is 11.8 Å². The predicted molar refractivity (Wildman–Crippen MR) is 63.6 cm³/mol. The van der Waals surface area contributed by atoms with E-state index in [0.717, 1.165) is 13.0 Å². The van der Waals surface area contributed by atoms with Crippen molar-refractivity contribution >= 4 is 5.91 Å². The third-order valence-corrected chi connectivity index (χ3v) is 3.19. The van der Waals surface area contributed by atoms with Gasteiger partial charge in [-0.25, -0.2) is 0 Å². The Kier molecular flexibility index (Phi) is 3.78. The Bertz CT molecular complexity index is 362. The lowest BCUT2D eigenvalue weighted by atomic mass is 9.93. The van der Waals surface area contributed by atoms with Crippen molar-refractivity contribution in [3.63, 3.8) is 0 Å². The van der Waals surface area contributed by atoms with Gasteiger partial charge < -0.3 is 10.1 Å². The number of aromatic nitrogens is 2. The van der Waals surface area contributed by atoms with Crippen LogP contribution in [0.1, 0.15) is 30.8 Å². The molecule has 1 aromatic heterocycles. The zero-order valence-corrected chi connectivity index (χ0v) is 10.3. The molecule has 94 valence electrons. The molecule has 0 unspecified atom stereocenters. The Morgan fingerprint density at radius 3 is 3.18 bits per heavy atom. The number of rotatable bonds is 4. The SMILES string of the molecule is CC(C)[C@H]1OCC[C@H]1CNC(=O)c1ccn[nH]1. The maximum atomic E-state index is 11.7. The molecule has 5 nitrogen and oxygen atoms in total. The predicted octanol–water partition coefficient (Wildman–Crippen LogP) is 1.20. The number of hydrogen-bond donors (Lipinski definition) is 2. The summed E-state index contributed by atoms with van der Waals surface area (Å²) in [5.41, 5.74) is 0.505. The zero-order valence-electron chi connectivity index (χ0n) is 10.3. The Morgan fingerprint density at radius 1 is 1.71 bits per heavy atom. The van der Waals surface area contributed by atoms with Crippen molar-refractivity contribution < 1.29 is 9.53 Å². The van der Waals surface area contributed by atoms with Gasteiger partial charge in [0.2, 0.25) is 0 Å². The van der Waals surface area contributed by atoms with Gasteiger partial charge in [-0.2, -0.15) is 5.10 Å². The molecule has 2 atom stereocenters. The minimum Gasteiger partial charge on any atom is -0.378 e. The number of carbonyl (C=O) groups excluding carboxylic acids is 1. The van der Waals surface area contributed by atoms with Gasteiger partial charge >= 0.3 is 0 Å². The first-order valence-electron chi connectivity index (χ1n) is 6.07. The number of amides is 1. The molecular formula is C12H19N3O2. The molecule has 1 fully saturated rings. The minimum absolute atomic E-state index is 0.100. The second kappa shape index (κ2) is 5.31. The number of hydrogen-bond acceptors (Lipinski definition) is 3. The highest BCUT2D eigenvalue weighted by Crippen LogP contribution is 2.26. The van der Waals surface area contributed by atoms with E-state index < -0.39 is 0 Å². The van der Waals surface area contributed by atoms with Crippen LogP contribution in [0.15, 0.2) is 12.3 Å². The maximum absolute atomic E-state index is 11.7. The topological polar surface area (TPSA) is 67.0 Å². The fraction of sp³-hybridized carbons (Fsp3) is 0.667. The molecule has 17 heavy (non-hydrogen) atoms. The highest BCUT2D eigenvalue weighted by molar-refractivity contribution is 5.92. The highest BCUT2D eigenvalue weighted by atomic mass is 16.5. The van der Waals surface area contributed by atoms with E-state index >= 15 is 0 Å². The minimum atomic E-state index is -0.100. The van der Waals surface area contributed by atoms with Crippen molar-refractivity contribution in [1.29, 1.82) is 0 Å². The van der Waals surface area contributed by atoms with Crippen molar-refractivity contribution in [2.45, 2.75) is 26.4 Å². The van der Waals surface area contributed by atoms with E-state index in [9.17, 15) is 4.79 Å². The van der Waals surface area contributed by atoms with E-state index in [1.165, 1.54) is 0 Å². The van der Waals surface area contributed by atoms with Gasteiger partial charge in [-0.3, -0.25) is 9.89 Å². The second-order valence-corrected chi connectivity index (χ2v) is 4.81.